The normalized spacial score (nSPS) is 11.9. The van der Waals surface area contributed by atoms with Gasteiger partial charge in [-0.15, -0.1) is 0 Å². The predicted molar refractivity (Wildman–Crippen MR) is 76.6 cm³/mol. The Morgan fingerprint density at radius 3 is 2.68 bits per heavy atom. The van der Waals surface area contributed by atoms with Crippen LogP contribution >= 0.6 is 0 Å². The Labute approximate surface area is 113 Å². The van der Waals surface area contributed by atoms with E-state index in [2.05, 4.69) is 10.6 Å². The maximum atomic E-state index is 11.1. The molecule has 0 aliphatic heterocycles. The molecule has 19 heavy (non-hydrogen) atoms. The summed E-state index contributed by atoms with van der Waals surface area (Å²) < 4.78 is 0. The van der Waals surface area contributed by atoms with Gasteiger partial charge >= 0.3 is 5.69 Å². The van der Waals surface area contributed by atoms with Crippen LogP contribution in [0.2, 0.25) is 0 Å². The molecule has 6 nitrogen and oxygen atoms in total. The molecule has 0 amide bonds. The van der Waals surface area contributed by atoms with E-state index in [0.29, 0.717) is 17.9 Å². The lowest BCUT2D eigenvalue weighted by Crippen LogP contribution is -2.08. The zero-order valence-electron chi connectivity index (χ0n) is 11.3. The Kier molecular flexibility index (Phi) is 6.08. The first-order valence-corrected chi connectivity index (χ1v) is 6.40. The number of nitro groups is 1. The van der Waals surface area contributed by atoms with Crippen molar-refractivity contribution in [3.63, 3.8) is 0 Å². The minimum atomic E-state index is -0.384. The second-order valence-corrected chi connectivity index (χ2v) is 4.57. The molecule has 0 radical (unpaired) electrons. The Morgan fingerprint density at radius 2 is 2.11 bits per heavy atom. The molecule has 0 fully saturated rings. The Balaban J connectivity index is 2.65. The van der Waals surface area contributed by atoms with Crippen molar-refractivity contribution >= 4 is 17.1 Å². The summed E-state index contributed by atoms with van der Waals surface area (Å²) >= 11 is 0. The number of rotatable bonds is 8. The maximum absolute atomic E-state index is 11.1. The zero-order valence-corrected chi connectivity index (χ0v) is 11.3. The molecular formula is C13H21N3O3. The van der Waals surface area contributed by atoms with Gasteiger partial charge in [0.2, 0.25) is 0 Å². The van der Waals surface area contributed by atoms with Crippen LogP contribution in [0.4, 0.5) is 17.1 Å². The van der Waals surface area contributed by atoms with Crippen LogP contribution in [0, 0.1) is 16.0 Å². The number of aliphatic hydroxyl groups is 1. The van der Waals surface area contributed by atoms with E-state index in [4.69, 9.17) is 5.11 Å². The fraction of sp³-hybridized carbons (Fsp3) is 0.538. The third kappa shape index (κ3) is 4.40. The molecule has 0 aliphatic carbocycles. The average molecular weight is 267 g/mol. The summed E-state index contributed by atoms with van der Waals surface area (Å²) in [7, 11) is 1.66. The molecule has 0 heterocycles. The lowest BCUT2D eigenvalue weighted by atomic mass is 10.1. The zero-order chi connectivity index (χ0) is 14.3. The summed E-state index contributed by atoms with van der Waals surface area (Å²) in [6.07, 6.45) is 1.76. The van der Waals surface area contributed by atoms with Gasteiger partial charge in [0.15, 0.2) is 0 Å². The van der Waals surface area contributed by atoms with Crippen molar-refractivity contribution < 1.29 is 10.0 Å². The fourth-order valence-corrected chi connectivity index (χ4v) is 1.85. The van der Waals surface area contributed by atoms with Gasteiger partial charge in [-0.3, -0.25) is 10.1 Å². The summed E-state index contributed by atoms with van der Waals surface area (Å²) in [5, 5.41) is 25.9. The standard InChI is InChI=1S/C13H21N3O3/c1-10(9-17)5-4-8-15-12-7-3-6-11(14-2)13(12)16(18)19/h3,6-7,10,14-15,17H,4-5,8-9H2,1-2H3. The van der Waals surface area contributed by atoms with E-state index < -0.39 is 0 Å². The third-order valence-corrected chi connectivity index (χ3v) is 2.99. The van der Waals surface area contributed by atoms with E-state index >= 15 is 0 Å². The van der Waals surface area contributed by atoms with Gasteiger partial charge in [0.25, 0.3) is 0 Å². The van der Waals surface area contributed by atoms with E-state index in [1.807, 2.05) is 6.92 Å². The van der Waals surface area contributed by atoms with E-state index in [0.717, 1.165) is 12.8 Å². The minimum absolute atomic E-state index is 0.0696. The first-order valence-electron chi connectivity index (χ1n) is 6.40. The van der Waals surface area contributed by atoms with Crippen molar-refractivity contribution in [1.82, 2.24) is 0 Å². The molecule has 1 aromatic rings. The van der Waals surface area contributed by atoms with Gasteiger partial charge in [0.05, 0.1) is 4.92 Å². The van der Waals surface area contributed by atoms with Gasteiger partial charge in [0, 0.05) is 20.2 Å². The molecule has 1 aromatic carbocycles. The Bertz CT molecular complexity index is 424. The van der Waals surface area contributed by atoms with E-state index in [1.165, 1.54) is 0 Å². The molecule has 0 aliphatic rings. The molecular weight excluding hydrogens is 246 g/mol. The molecule has 0 saturated carbocycles. The number of nitrogens with one attached hydrogen (secondary N) is 2. The monoisotopic (exact) mass is 267 g/mol. The van der Waals surface area contributed by atoms with Crippen LogP contribution in [0.3, 0.4) is 0 Å². The number of nitrogens with zero attached hydrogens (tertiary/aromatic N) is 1. The van der Waals surface area contributed by atoms with Gasteiger partial charge < -0.3 is 15.7 Å². The quantitative estimate of drug-likeness (QED) is 0.382. The summed E-state index contributed by atoms with van der Waals surface area (Å²) in [4.78, 5) is 10.7. The summed E-state index contributed by atoms with van der Waals surface area (Å²) in [5.41, 5.74) is 1.09. The average Bonchev–Trinajstić information content (AvgIpc) is 2.42. The topological polar surface area (TPSA) is 87.4 Å². The molecule has 0 saturated heterocycles. The third-order valence-electron chi connectivity index (χ3n) is 2.99. The van der Waals surface area contributed by atoms with Gasteiger partial charge in [-0.05, 0) is 30.9 Å². The maximum Gasteiger partial charge on any atom is 0.315 e. The van der Waals surface area contributed by atoms with Crippen LogP contribution in [0.5, 0.6) is 0 Å². The largest absolute Gasteiger partial charge is 0.396 e. The molecule has 1 unspecified atom stereocenters. The molecule has 0 bridgehead atoms. The molecule has 106 valence electrons. The highest BCUT2D eigenvalue weighted by Gasteiger charge is 2.18. The number of anilines is 2. The second-order valence-electron chi connectivity index (χ2n) is 4.57. The number of hydrogen-bond acceptors (Lipinski definition) is 5. The van der Waals surface area contributed by atoms with Crippen LogP contribution in [-0.4, -0.2) is 30.2 Å². The van der Waals surface area contributed by atoms with Crippen molar-refractivity contribution in [3.8, 4) is 0 Å². The Morgan fingerprint density at radius 1 is 1.42 bits per heavy atom. The van der Waals surface area contributed by atoms with Gasteiger partial charge in [0.1, 0.15) is 11.4 Å². The van der Waals surface area contributed by atoms with E-state index in [-0.39, 0.29) is 23.1 Å². The lowest BCUT2D eigenvalue weighted by molar-refractivity contribution is -0.383. The van der Waals surface area contributed by atoms with Crippen molar-refractivity contribution in [2.45, 2.75) is 19.8 Å². The lowest BCUT2D eigenvalue weighted by Gasteiger charge is -2.11. The smallest absolute Gasteiger partial charge is 0.315 e. The minimum Gasteiger partial charge on any atom is -0.396 e. The van der Waals surface area contributed by atoms with Crippen molar-refractivity contribution in [1.29, 1.82) is 0 Å². The summed E-state index contributed by atoms with van der Waals surface area (Å²) in [5.74, 6) is 0.264. The summed E-state index contributed by atoms with van der Waals surface area (Å²) in [6, 6.07) is 5.16. The van der Waals surface area contributed by atoms with Crippen molar-refractivity contribution in [2.24, 2.45) is 5.92 Å². The Hall–Kier alpha value is -1.82. The molecule has 1 rings (SSSR count). The highest BCUT2D eigenvalue weighted by molar-refractivity contribution is 5.75. The van der Waals surface area contributed by atoms with Gasteiger partial charge in [-0.2, -0.15) is 0 Å². The van der Waals surface area contributed by atoms with Crippen molar-refractivity contribution in [2.75, 3.05) is 30.8 Å². The second kappa shape index (κ2) is 7.58. The van der Waals surface area contributed by atoms with Gasteiger partial charge in [-0.1, -0.05) is 13.0 Å². The SMILES string of the molecule is CNc1cccc(NCCCC(C)CO)c1[N+](=O)[O-]. The van der Waals surface area contributed by atoms with Crippen LogP contribution in [0.15, 0.2) is 18.2 Å². The molecule has 0 spiro atoms. The fourth-order valence-electron chi connectivity index (χ4n) is 1.85. The number of para-hydroxylation sites is 1. The number of aliphatic hydroxyl groups excluding tert-OH is 1. The highest BCUT2D eigenvalue weighted by atomic mass is 16.6. The van der Waals surface area contributed by atoms with Crippen LogP contribution in [0.25, 0.3) is 0 Å². The van der Waals surface area contributed by atoms with E-state index in [1.54, 1.807) is 25.2 Å². The van der Waals surface area contributed by atoms with Crippen molar-refractivity contribution in [3.05, 3.63) is 28.3 Å². The van der Waals surface area contributed by atoms with Crippen LogP contribution < -0.4 is 10.6 Å². The first kappa shape index (κ1) is 15.2. The van der Waals surface area contributed by atoms with Gasteiger partial charge in [-0.25, -0.2) is 0 Å². The van der Waals surface area contributed by atoms with E-state index in [9.17, 15) is 10.1 Å². The van der Waals surface area contributed by atoms with Crippen LogP contribution in [-0.2, 0) is 0 Å². The summed E-state index contributed by atoms with van der Waals surface area (Å²) in [6.45, 7) is 2.80. The molecule has 6 heteroatoms. The molecule has 3 N–H and O–H groups in total. The number of nitro benzene ring substituents is 1. The van der Waals surface area contributed by atoms with Crippen LogP contribution in [0.1, 0.15) is 19.8 Å². The molecule has 1 atom stereocenters. The number of benzene rings is 1. The molecule has 0 aromatic heterocycles. The first-order chi connectivity index (χ1) is 9.10. The number of hydrogen-bond donors (Lipinski definition) is 3. The highest BCUT2D eigenvalue weighted by Crippen LogP contribution is 2.32. The predicted octanol–water partition coefficient (Wildman–Crippen LogP) is 2.46.